The summed E-state index contributed by atoms with van der Waals surface area (Å²) in [5.41, 5.74) is 0.597. The molecule has 3 nitrogen and oxygen atoms in total. The van der Waals surface area contributed by atoms with E-state index in [0.29, 0.717) is 18.0 Å². The van der Waals surface area contributed by atoms with Gasteiger partial charge in [0.15, 0.2) is 5.78 Å². The molecule has 0 saturated carbocycles. The minimum atomic E-state index is 0.166. The predicted molar refractivity (Wildman–Crippen MR) is 54.2 cm³/mol. The van der Waals surface area contributed by atoms with Crippen molar-refractivity contribution in [1.82, 2.24) is 10.3 Å². The van der Waals surface area contributed by atoms with Crippen molar-refractivity contribution in [2.24, 2.45) is 5.92 Å². The molecule has 74 valence electrons. The molecule has 0 aromatic carbocycles. The maximum Gasteiger partial charge on any atom is 0.181 e. The Balaban J connectivity index is 1.95. The van der Waals surface area contributed by atoms with Crippen molar-refractivity contribution in [1.29, 1.82) is 0 Å². The van der Waals surface area contributed by atoms with E-state index in [1.165, 1.54) is 0 Å². The fourth-order valence-electron chi connectivity index (χ4n) is 1.78. The van der Waals surface area contributed by atoms with Crippen LogP contribution in [0.2, 0.25) is 0 Å². The monoisotopic (exact) mass is 190 g/mol. The molecule has 1 atom stereocenters. The van der Waals surface area contributed by atoms with Crippen LogP contribution in [-0.2, 0) is 0 Å². The summed E-state index contributed by atoms with van der Waals surface area (Å²) < 4.78 is 0. The summed E-state index contributed by atoms with van der Waals surface area (Å²) in [7, 11) is 0. The highest BCUT2D eigenvalue weighted by Crippen LogP contribution is 2.14. The van der Waals surface area contributed by atoms with Crippen molar-refractivity contribution in [3.63, 3.8) is 0 Å². The number of hydrogen-bond donors (Lipinski definition) is 1. The first-order chi connectivity index (χ1) is 6.86. The molecule has 1 aliphatic rings. The van der Waals surface area contributed by atoms with Gasteiger partial charge in [-0.2, -0.15) is 0 Å². The lowest BCUT2D eigenvalue weighted by molar-refractivity contribution is 0.0959. The highest BCUT2D eigenvalue weighted by molar-refractivity contribution is 5.94. The molecule has 1 N–H and O–H groups in total. The summed E-state index contributed by atoms with van der Waals surface area (Å²) >= 11 is 0. The Morgan fingerprint density at radius 1 is 1.57 bits per heavy atom. The Labute approximate surface area is 83.5 Å². The third kappa shape index (κ3) is 2.17. The van der Waals surface area contributed by atoms with Gasteiger partial charge in [-0.25, -0.2) is 0 Å². The lowest BCUT2D eigenvalue weighted by atomic mass is 10.0. The Morgan fingerprint density at radius 3 is 3.14 bits per heavy atom. The van der Waals surface area contributed by atoms with Gasteiger partial charge in [-0.15, -0.1) is 0 Å². The second-order valence-corrected chi connectivity index (χ2v) is 3.70. The zero-order valence-corrected chi connectivity index (χ0v) is 8.07. The van der Waals surface area contributed by atoms with Gasteiger partial charge in [0.1, 0.15) is 5.69 Å². The topological polar surface area (TPSA) is 42.0 Å². The van der Waals surface area contributed by atoms with Gasteiger partial charge >= 0.3 is 0 Å². The third-order valence-electron chi connectivity index (χ3n) is 2.59. The predicted octanol–water partition coefficient (Wildman–Crippen LogP) is 1.26. The van der Waals surface area contributed by atoms with Gasteiger partial charge in [0.2, 0.25) is 0 Å². The van der Waals surface area contributed by atoms with Crippen LogP contribution in [0.4, 0.5) is 0 Å². The van der Waals surface area contributed by atoms with Gasteiger partial charge in [-0.05, 0) is 37.6 Å². The number of pyridine rings is 1. The van der Waals surface area contributed by atoms with E-state index in [-0.39, 0.29) is 5.78 Å². The molecule has 0 bridgehead atoms. The van der Waals surface area contributed by atoms with E-state index in [2.05, 4.69) is 10.3 Å². The Bertz CT molecular complexity index is 304. The molecule has 1 aromatic heterocycles. The molecule has 2 rings (SSSR count). The molecule has 1 aromatic rings. The average Bonchev–Trinajstić information content (AvgIpc) is 2.72. The number of nitrogens with zero attached hydrogens (tertiary/aromatic N) is 1. The number of aromatic nitrogens is 1. The van der Waals surface area contributed by atoms with Crippen molar-refractivity contribution in [3.8, 4) is 0 Å². The summed E-state index contributed by atoms with van der Waals surface area (Å²) in [6.07, 6.45) is 3.41. The molecule has 14 heavy (non-hydrogen) atoms. The van der Waals surface area contributed by atoms with Gasteiger partial charge < -0.3 is 5.32 Å². The number of hydrogen-bond acceptors (Lipinski definition) is 3. The van der Waals surface area contributed by atoms with Crippen LogP contribution in [0.15, 0.2) is 24.4 Å². The molecule has 1 saturated heterocycles. The van der Waals surface area contributed by atoms with E-state index < -0.39 is 0 Å². The van der Waals surface area contributed by atoms with Crippen LogP contribution in [0.25, 0.3) is 0 Å². The molecule has 0 aliphatic carbocycles. The zero-order chi connectivity index (χ0) is 9.80. The van der Waals surface area contributed by atoms with Crippen molar-refractivity contribution in [2.75, 3.05) is 13.1 Å². The second kappa shape index (κ2) is 4.33. The number of carbonyl (C=O) groups is 1. The SMILES string of the molecule is O=C(CC1CCNC1)c1ccccn1. The maximum atomic E-state index is 11.7. The van der Waals surface area contributed by atoms with Crippen LogP contribution in [0.1, 0.15) is 23.3 Å². The highest BCUT2D eigenvalue weighted by atomic mass is 16.1. The van der Waals surface area contributed by atoms with Crippen molar-refractivity contribution >= 4 is 5.78 Å². The van der Waals surface area contributed by atoms with Crippen molar-refractivity contribution in [2.45, 2.75) is 12.8 Å². The molecule has 1 unspecified atom stereocenters. The highest BCUT2D eigenvalue weighted by Gasteiger charge is 2.19. The normalized spacial score (nSPS) is 21.0. The molecule has 1 fully saturated rings. The molecular formula is C11H14N2O. The fraction of sp³-hybridized carbons (Fsp3) is 0.455. The Morgan fingerprint density at radius 2 is 2.50 bits per heavy atom. The van der Waals surface area contributed by atoms with Gasteiger partial charge in [-0.3, -0.25) is 9.78 Å². The van der Waals surface area contributed by atoms with E-state index in [1.807, 2.05) is 12.1 Å². The van der Waals surface area contributed by atoms with Crippen LogP contribution in [-0.4, -0.2) is 23.9 Å². The van der Waals surface area contributed by atoms with Crippen LogP contribution in [0.3, 0.4) is 0 Å². The molecular weight excluding hydrogens is 176 g/mol. The second-order valence-electron chi connectivity index (χ2n) is 3.70. The maximum absolute atomic E-state index is 11.7. The first kappa shape index (κ1) is 9.34. The van der Waals surface area contributed by atoms with Gasteiger partial charge in [-0.1, -0.05) is 6.07 Å². The van der Waals surface area contributed by atoms with E-state index >= 15 is 0 Å². The molecule has 2 heterocycles. The van der Waals surface area contributed by atoms with Gasteiger partial charge in [0.05, 0.1) is 0 Å². The largest absolute Gasteiger partial charge is 0.316 e. The first-order valence-electron chi connectivity index (χ1n) is 5.01. The first-order valence-corrected chi connectivity index (χ1v) is 5.01. The number of carbonyl (C=O) groups excluding carboxylic acids is 1. The van der Waals surface area contributed by atoms with E-state index in [0.717, 1.165) is 19.5 Å². The van der Waals surface area contributed by atoms with Crippen molar-refractivity contribution < 1.29 is 4.79 Å². The minimum absolute atomic E-state index is 0.166. The lowest BCUT2D eigenvalue weighted by Gasteiger charge is -2.05. The smallest absolute Gasteiger partial charge is 0.181 e. The molecule has 0 spiro atoms. The third-order valence-corrected chi connectivity index (χ3v) is 2.59. The Kier molecular flexibility index (Phi) is 2.89. The fourth-order valence-corrected chi connectivity index (χ4v) is 1.78. The van der Waals surface area contributed by atoms with E-state index in [4.69, 9.17) is 0 Å². The summed E-state index contributed by atoms with van der Waals surface area (Å²) in [5, 5.41) is 3.26. The number of ketones is 1. The van der Waals surface area contributed by atoms with Gasteiger partial charge in [0.25, 0.3) is 0 Å². The molecule has 1 aliphatic heterocycles. The number of nitrogens with one attached hydrogen (secondary N) is 1. The number of rotatable bonds is 3. The summed E-state index contributed by atoms with van der Waals surface area (Å²) in [4.78, 5) is 15.8. The average molecular weight is 190 g/mol. The summed E-state index contributed by atoms with van der Waals surface area (Å²) in [6.45, 7) is 2.01. The van der Waals surface area contributed by atoms with Crippen LogP contribution in [0, 0.1) is 5.92 Å². The summed E-state index contributed by atoms with van der Waals surface area (Å²) in [5.74, 6) is 0.670. The number of Topliss-reactive ketones (excluding diaryl/α,β-unsaturated/α-hetero) is 1. The molecule has 0 radical (unpaired) electrons. The minimum Gasteiger partial charge on any atom is -0.316 e. The van der Waals surface area contributed by atoms with Crippen LogP contribution in [0.5, 0.6) is 0 Å². The van der Waals surface area contributed by atoms with E-state index in [9.17, 15) is 4.79 Å². The van der Waals surface area contributed by atoms with Gasteiger partial charge in [0, 0.05) is 12.6 Å². The quantitative estimate of drug-likeness (QED) is 0.730. The van der Waals surface area contributed by atoms with E-state index in [1.54, 1.807) is 12.3 Å². The summed E-state index contributed by atoms with van der Waals surface area (Å²) in [6, 6.07) is 5.46. The Hall–Kier alpha value is -1.22. The lowest BCUT2D eigenvalue weighted by Crippen LogP contribution is -2.13. The molecule has 3 heteroatoms. The standard InChI is InChI=1S/C11H14N2O/c14-11(7-9-4-6-12-8-9)10-3-1-2-5-13-10/h1-3,5,9,12H,4,6-8H2. The van der Waals surface area contributed by atoms with Crippen molar-refractivity contribution in [3.05, 3.63) is 30.1 Å². The van der Waals surface area contributed by atoms with Crippen LogP contribution >= 0.6 is 0 Å². The zero-order valence-electron chi connectivity index (χ0n) is 8.07. The molecule has 0 amide bonds. The van der Waals surface area contributed by atoms with Crippen LogP contribution < -0.4 is 5.32 Å².